The molecule has 0 saturated carbocycles. The Morgan fingerprint density at radius 2 is 2.33 bits per heavy atom. The number of anilines is 1. The predicted octanol–water partition coefficient (Wildman–Crippen LogP) is 1.44. The van der Waals surface area contributed by atoms with E-state index in [4.69, 9.17) is 16.3 Å². The molecular weight excluding hydrogens is 292 g/mol. The molecule has 2 rings (SSSR count). The van der Waals surface area contributed by atoms with E-state index in [9.17, 15) is 4.79 Å². The molecule has 0 amide bonds. The average Bonchev–Trinajstić information content (AvgIpc) is 2.43. The van der Waals surface area contributed by atoms with Gasteiger partial charge in [-0.2, -0.15) is 5.10 Å². The number of hydrogen-bond acceptors (Lipinski definition) is 5. The van der Waals surface area contributed by atoms with Gasteiger partial charge in [-0.15, -0.1) is 0 Å². The van der Waals surface area contributed by atoms with Crippen LogP contribution in [0.15, 0.2) is 11.0 Å². The van der Waals surface area contributed by atoms with E-state index >= 15 is 0 Å². The zero-order valence-corrected chi connectivity index (χ0v) is 13.6. The van der Waals surface area contributed by atoms with Crippen LogP contribution in [-0.4, -0.2) is 54.1 Å². The Balaban J connectivity index is 2.07. The largest absolute Gasteiger partial charge is 0.379 e. The molecule has 1 aliphatic rings. The third-order valence-corrected chi connectivity index (χ3v) is 3.95. The fourth-order valence-electron chi connectivity index (χ4n) is 2.37. The summed E-state index contributed by atoms with van der Waals surface area (Å²) in [7, 11) is 3.91. The first kappa shape index (κ1) is 16.3. The van der Waals surface area contributed by atoms with Crippen LogP contribution in [0.25, 0.3) is 0 Å². The van der Waals surface area contributed by atoms with Crippen molar-refractivity contribution in [3.8, 4) is 0 Å². The van der Waals surface area contributed by atoms with Crippen LogP contribution in [0.4, 0.5) is 5.69 Å². The van der Waals surface area contributed by atoms with Crippen molar-refractivity contribution in [3.05, 3.63) is 21.6 Å². The highest BCUT2D eigenvalue weighted by Crippen LogP contribution is 2.21. The van der Waals surface area contributed by atoms with Crippen LogP contribution in [0, 0.1) is 0 Å². The Labute approximate surface area is 130 Å². The van der Waals surface area contributed by atoms with Gasteiger partial charge in [-0.05, 0) is 33.9 Å². The number of nitrogens with zero attached hydrogens (tertiary/aromatic N) is 3. The molecule has 2 unspecified atom stereocenters. The summed E-state index contributed by atoms with van der Waals surface area (Å²) in [6.07, 6.45) is 3.67. The summed E-state index contributed by atoms with van der Waals surface area (Å²) >= 11 is 6.19. The smallest absolute Gasteiger partial charge is 0.287 e. The Morgan fingerprint density at radius 3 is 3.00 bits per heavy atom. The summed E-state index contributed by atoms with van der Waals surface area (Å²) in [5.41, 5.74) is 0.366. The fourth-order valence-corrected chi connectivity index (χ4v) is 2.57. The molecule has 6 nitrogen and oxygen atoms in total. The topological polar surface area (TPSA) is 59.4 Å². The Morgan fingerprint density at radius 1 is 1.57 bits per heavy atom. The van der Waals surface area contributed by atoms with Gasteiger partial charge in [-0.1, -0.05) is 11.6 Å². The normalized spacial score (nSPS) is 22.5. The first-order valence-corrected chi connectivity index (χ1v) is 7.63. The first-order valence-electron chi connectivity index (χ1n) is 7.26. The van der Waals surface area contributed by atoms with Crippen LogP contribution in [0.2, 0.25) is 5.02 Å². The number of rotatable bonds is 5. The number of aromatic nitrogens is 2. The molecular formula is C14H23ClN4O2. The number of nitrogens with one attached hydrogen (secondary N) is 1. The fraction of sp³-hybridized carbons (Fsp3) is 0.714. The molecule has 7 heteroatoms. The van der Waals surface area contributed by atoms with Crippen molar-refractivity contribution in [1.82, 2.24) is 14.7 Å². The maximum Gasteiger partial charge on any atom is 0.287 e. The van der Waals surface area contributed by atoms with E-state index in [1.165, 1.54) is 4.68 Å². The second kappa shape index (κ2) is 7.24. The van der Waals surface area contributed by atoms with Crippen molar-refractivity contribution < 1.29 is 4.74 Å². The quantitative estimate of drug-likeness (QED) is 0.891. The van der Waals surface area contributed by atoms with Crippen LogP contribution in [0.1, 0.15) is 19.8 Å². The van der Waals surface area contributed by atoms with Crippen molar-refractivity contribution in [3.63, 3.8) is 0 Å². The molecule has 0 spiro atoms. The highest BCUT2D eigenvalue weighted by Gasteiger charge is 2.20. The molecule has 21 heavy (non-hydrogen) atoms. The summed E-state index contributed by atoms with van der Waals surface area (Å²) in [6, 6.07) is 0.269. The van der Waals surface area contributed by atoms with Gasteiger partial charge < -0.3 is 15.0 Å². The lowest BCUT2D eigenvalue weighted by Crippen LogP contribution is -2.34. The Hall–Kier alpha value is -1.11. The predicted molar refractivity (Wildman–Crippen MR) is 84.1 cm³/mol. The number of likely N-dealkylation sites (N-methyl/N-ethyl adjacent to an activating group) is 1. The second-order valence-corrected chi connectivity index (χ2v) is 6.13. The molecule has 0 aliphatic carbocycles. The lowest BCUT2D eigenvalue weighted by Gasteiger charge is -2.28. The minimum Gasteiger partial charge on any atom is -0.379 e. The molecule has 1 fully saturated rings. The van der Waals surface area contributed by atoms with Gasteiger partial charge in [0.15, 0.2) is 0 Å². The highest BCUT2D eigenvalue weighted by molar-refractivity contribution is 6.32. The lowest BCUT2D eigenvalue weighted by atomic mass is 10.0. The standard InChI is InChI=1S/C14H23ClN4O2/c1-10-8-11(4-7-21-10)17-12-9-16-19(6-5-18(2)3)14(20)13(12)15/h9-11,17H,4-8H2,1-3H3. The number of ether oxygens (including phenoxy) is 1. The van der Waals surface area contributed by atoms with Crippen LogP contribution in [0.3, 0.4) is 0 Å². The van der Waals surface area contributed by atoms with Gasteiger partial charge in [0, 0.05) is 19.2 Å². The van der Waals surface area contributed by atoms with Gasteiger partial charge in [-0.3, -0.25) is 4.79 Å². The molecule has 0 radical (unpaired) electrons. The maximum atomic E-state index is 12.2. The Bertz CT molecular complexity index is 532. The molecule has 0 aromatic carbocycles. The molecule has 2 atom stereocenters. The number of hydrogen-bond donors (Lipinski definition) is 1. The van der Waals surface area contributed by atoms with Gasteiger partial charge in [0.2, 0.25) is 0 Å². The average molecular weight is 315 g/mol. The van der Waals surface area contributed by atoms with E-state index in [1.807, 2.05) is 25.9 Å². The van der Waals surface area contributed by atoms with Gasteiger partial charge in [-0.25, -0.2) is 4.68 Å². The number of halogens is 1. The molecule has 1 saturated heterocycles. The van der Waals surface area contributed by atoms with Gasteiger partial charge in [0.05, 0.1) is 24.5 Å². The van der Waals surface area contributed by atoms with E-state index in [1.54, 1.807) is 6.20 Å². The molecule has 1 N–H and O–H groups in total. The van der Waals surface area contributed by atoms with Gasteiger partial charge in [0.25, 0.3) is 5.56 Å². The van der Waals surface area contributed by atoms with Gasteiger partial charge in [0.1, 0.15) is 5.02 Å². The molecule has 1 aliphatic heterocycles. The van der Waals surface area contributed by atoms with Crippen LogP contribution >= 0.6 is 11.6 Å². The second-order valence-electron chi connectivity index (χ2n) is 5.75. The first-order chi connectivity index (χ1) is 9.97. The molecule has 118 valence electrons. The Kier molecular flexibility index (Phi) is 5.61. The van der Waals surface area contributed by atoms with Crippen molar-refractivity contribution in [2.75, 3.05) is 32.6 Å². The monoisotopic (exact) mass is 314 g/mol. The van der Waals surface area contributed by atoms with E-state index < -0.39 is 0 Å². The van der Waals surface area contributed by atoms with Crippen LogP contribution in [0.5, 0.6) is 0 Å². The minimum atomic E-state index is -0.247. The van der Waals surface area contributed by atoms with Crippen LogP contribution in [-0.2, 0) is 11.3 Å². The van der Waals surface area contributed by atoms with E-state index in [-0.39, 0.29) is 22.7 Å². The van der Waals surface area contributed by atoms with Crippen molar-refractivity contribution in [2.45, 2.75) is 38.5 Å². The third kappa shape index (κ3) is 4.43. The molecule has 2 heterocycles. The van der Waals surface area contributed by atoms with E-state index in [0.29, 0.717) is 12.2 Å². The van der Waals surface area contributed by atoms with E-state index in [2.05, 4.69) is 10.4 Å². The molecule has 1 aromatic rings. The zero-order chi connectivity index (χ0) is 15.4. The van der Waals surface area contributed by atoms with Crippen LogP contribution < -0.4 is 10.9 Å². The minimum absolute atomic E-state index is 0.211. The van der Waals surface area contributed by atoms with Crippen molar-refractivity contribution in [2.24, 2.45) is 0 Å². The lowest BCUT2D eigenvalue weighted by molar-refractivity contribution is 0.0232. The SMILES string of the molecule is CC1CC(Nc2cnn(CCN(C)C)c(=O)c2Cl)CCO1. The van der Waals surface area contributed by atoms with E-state index in [0.717, 1.165) is 26.0 Å². The highest BCUT2D eigenvalue weighted by atomic mass is 35.5. The summed E-state index contributed by atoms with van der Waals surface area (Å²) < 4.78 is 6.92. The molecule has 1 aromatic heterocycles. The van der Waals surface area contributed by atoms with Crippen molar-refractivity contribution in [1.29, 1.82) is 0 Å². The summed E-state index contributed by atoms with van der Waals surface area (Å²) in [6.45, 7) is 4.05. The third-order valence-electron chi connectivity index (χ3n) is 3.59. The summed E-state index contributed by atoms with van der Waals surface area (Å²) in [5.74, 6) is 0. The van der Waals surface area contributed by atoms with Crippen molar-refractivity contribution >= 4 is 17.3 Å². The molecule has 0 bridgehead atoms. The van der Waals surface area contributed by atoms with Gasteiger partial charge >= 0.3 is 0 Å². The summed E-state index contributed by atoms with van der Waals surface area (Å²) in [5, 5.41) is 7.72. The summed E-state index contributed by atoms with van der Waals surface area (Å²) in [4.78, 5) is 14.2. The zero-order valence-electron chi connectivity index (χ0n) is 12.8. The maximum absolute atomic E-state index is 12.2.